The molecule has 1 aromatic carbocycles. The average Bonchev–Trinajstić information content (AvgIpc) is 2.75. The molecule has 0 saturated heterocycles. The molecule has 0 heterocycles. The van der Waals surface area contributed by atoms with Crippen LogP contribution in [-0.4, -0.2) is 5.11 Å². The molecule has 0 bridgehead atoms. The van der Waals surface area contributed by atoms with Crippen LogP contribution in [0, 0.1) is 5.92 Å². The number of nitrogens with two attached hydrogens (primary N) is 1. The summed E-state index contributed by atoms with van der Waals surface area (Å²) in [5.74, 6) is 0.695. The first kappa shape index (κ1) is 15.1. The lowest BCUT2D eigenvalue weighted by molar-refractivity contribution is 0.411. The minimum atomic E-state index is -0.113. The number of hydrogen-bond acceptors (Lipinski definition) is 2. The number of phenolic OH excluding ortho intramolecular Hbond substituents is 1. The van der Waals surface area contributed by atoms with Crippen LogP contribution in [-0.2, 0) is 0 Å². The van der Waals surface area contributed by atoms with Gasteiger partial charge in [0.15, 0.2) is 0 Å². The molecule has 1 aliphatic carbocycles. The van der Waals surface area contributed by atoms with Crippen LogP contribution in [0.15, 0.2) is 16.6 Å². The topological polar surface area (TPSA) is 46.2 Å². The van der Waals surface area contributed by atoms with Crippen molar-refractivity contribution in [3.05, 3.63) is 27.2 Å². The first-order chi connectivity index (χ1) is 7.59. The van der Waals surface area contributed by atoms with Crippen LogP contribution in [0.25, 0.3) is 0 Å². The van der Waals surface area contributed by atoms with E-state index in [1.807, 2.05) is 0 Å². The average molecular weight is 341 g/mol. The van der Waals surface area contributed by atoms with Crippen molar-refractivity contribution in [2.24, 2.45) is 11.7 Å². The molecule has 5 heteroatoms. The Balaban J connectivity index is 0.00000144. The molecular formula is C12H16BrCl2NO. The van der Waals surface area contributed by atoms with Gasteiger partial charge in [-0.05, 0) is 46.8 Å². The van der Waals surface area contributed by atoms with Gasteiger partial charge in [0.05, 0.1) is 4.47 Å². The number of halogens is 3. The third-order valence-corrected chi connectivity index (χ3v) is 4.15. The van der Waals surface area contributed by atoms with Crippen LogP contribution in [0.5, 0.6) is 5.75 Å². The number of benzene rings is 1. The SMILES string of the molecule is Cl.N[C@@H](c1cc(Cl)cc(Br)c1O)C1CCCC1. The van der Waals surface area contributed by atoms with E-state index in [1.165, 1.54) is 12.8 Å². The molecule has 2 nitrogen and oxygen atoms in total. The summed E-state index contributed by atoms with van der Waals surface area (Å²) in [4.78, 5) is 0. The van der Waals surface area contributed by atoms with Gasteiger partial charge in [0.25, 0.3) is 0 Å². The van der Waals surface area contributed by atoms with Crippen molar-refractivity contribution in [3.8, 4) is 5.75 Å². The van der Waals surface area contributed by atoms with Gasteiger partial charge in [0.2, 0.25) is 0 Å². The van der Waals surface area contributed by atoms with Gasteiger partial charge < -0.3 is 10.8 Å². The van der Waals surface area contributed by atoms with E-state index in [0.717, 1.165) is 18.4 Å². The summed E-state index contributed by atoms with van der Waals surface area (Å²) in [7, 11) is 0. The van der Waals surface area contributed by atoms with Crippen molar-refractivity contribution >= 4 is 39.9 Å². The summed E-state index contributed by atoms with van der Waals surface area (Å²) >= 11 is 9.26. The summed E-state index contributed by atoms with van der Waals surface area (Å²) in [5.41, 5.74) is 6.96. The zero-order valence-corrected chi connectivity index (χ0v) is 12.5. The molecule has 0 aliphatic heterocycles. The molecule has 0 radical (unpaired) electrons. The van der Waals surface area contributed by atoms with Crippen LogP contribution < -0.4 is 5.73 Å². The van der Waals surface area contributed by atoms with E-state index in [2.05, 4.69) is 15.9 Å². The van der Waals surface area contributed by atoms with Gasteiger partial charge >= 0.3 is 0 Å². The van der Waals surface area contributed by atoms with Gasteiger partial charge in [0, 0.05) is 16.6 Å². The van der Waals surface area contributed by atoms with E-state index in [4.69, 9.17) is 17.3 Å². The molecule has 1 saturated carbocycles. The maximum absolute atomic E-state index is 9.97. The Kier molecular flexibility index (Phi) is 5.58. The quantitative estimate of drug-likeness (QED) is 0.837. The Morgan fingerprint density at radius 1 is 1.35 bits per heavy atom. The highest BCUT2D eigenvalue weighted by Crippen LogP contribution is 2.41. The maximum Gasteiger partial charge on any atom is 0.134 e. The van der Waals surface area contributed by atoms with Gasteiger partial charge in [-0.25, -0.2) is 0 Å². The summed E-state index contributed by atoms with van der Waals surface area (Å²) in [5, 5.41) is 10.6. The van der Waals surface area contributed by atoms with Crippen molar-refractivity contribution in [1.29, 1.82) is 0 Å². The Bertz CT molecular complexity index is 394. The van der Waals surface area contributed by atoms with E-state index in [-0.39, 0.29) is 24.2 Å². The van der Waals surface area contributed by atoms with E-state index >= 15 is 0 Å². The smallest absolute Gasteiger partial charge is 0.134 e. The minimum Gasteiger partial charge on any atom is -0.506 e. The summed E-state index contributed by atoms with van der Waals surface area (Å²) < 4.78 is 0.614. The lowest BCUT2D eigenvalue weighted by atomic mass is 9.92. The van der Waals surface area contributed by atoms with E-state index in [9.17, 15) is 5.11 Å². The Morgan fingerprint density at radius 2 is 1.94 bits per heavy atom. The molecular weight excluding hydrogens is 325 g/mol. The first-order valence-electron chi connectivity index (χ1n) is 5.53. The van der Waals surface area contributed by atoms with Crippen LogP contribution in [0.4, 0.5) is 0 Å². The van der Waals surface area contributed by atoms with Crippen LogP contribution in [0.3, 0.4) is 0 Å². The third-order valence-electron chi connectivity index (χ3n) is 3.32. The lowest BCUT2D eigenvalue weighted by Gasteiger charge is -2.21. The Labute approximate surface area is 121 Å². The second-order valence-corrected chi connectivity index (χ2v) is 5.69. The van der Waals surface area contributed by atoms with E-state index in [0.29, 0.717) is 15.4 Å². The zero-order chi connectivity index (χ0) is 11.7. The van der Waals surface area contributed by atoms with Crippen molar-refractivity contribution in [3.63, 3.8) is 0 Å². The third kappa shape index (κ3) is 3.28. The second kappa shape index (κ2) is 6.28. The fourth-order valence-electron chi connectivity index (χ4n) is 2.41. The summed E-state index contributed by atoms with van der Waals surface area (Å²) in [6, 6.07) is 3.34. The molecule has 17 heavy (non-hydrogen) atoms. The molecule has 1 fully saturated rings. The molecule has 3 N–H and O–H groups in total. The summed E-state index contributed by atoms with van der Waals surface area (Å²) in [6.07, 6.45) is 4.76. The molecule has 1 aromatic rings. The maximum atomic E-state index is 9.97. The second-order valence-electron chi connectivity index (χ2n) is 4.40. The largest absolute Gasteiger partial charge is 0.506 e. The number of phenols is 1. The van der Waals surface area contributed by atoms with Crippen molar-refractivity contribution in [2.75, 3.05) is 0 Å². The molecule has 1 aliphatic rings. The predicted octanol–water partition coefficient (Wildman–Crippen LogP) is 4.42. The Morgan fingerprint density at radius 3 is 2.53 bits per heavy atom. The highest BCUT2D eigenvalue weighted by Gasteiger charge is 2.26. The van der Waals surface area contributed by atoms with Gasteiger partial charge in [-0.15, -0.1) is 12.4 Å². The van der Waals surface area contributed by atoms with Crippen LogP contribution in [0.1, 0.15) is 37.3 Å². The zero-order valence-electron chi connectivity index (χ0n) is 9.33. The molecule has 1 atom stereocenters. The summed E-state index contributed by atoms with van der Waals surface area (Å²) in [6.45, 7) is 0. The van der Waals surface area contributed by atoms with Gasteiger partial charge in [-0.3, -0.25) is 0 Å². The fourth-order valence-corrected chi connectivity index (χ4v) is 3.24. The van der Waals surface area contributed by atoms with Gasteiger partial charge in [-0.1, -0.05) is 24.4 Å². The first-order valence-corrected chi connectivity index (χ1v) is 6.70. The van der Waals surface area contributed by atoms with Crippen molar-refractivity contribution in [2.45, 2.75) is 31.7 Å². The normalized spacial score (nSPS) is 17.8. The highest BCUT2D eigenvalue weighted by atomic mass is 79.9. The standard InChI is InChI=1S/C12H15BrClNO.ClH/c13-10-6-8(14)5-9(12(10)16)11(15)7-3-1-2-4-7;/h5-7,11,16H,1-4,15H2;1H/t11-;/m1./s1. The Hall–Kier alpha value is 0.0400. The molecule has 0 unspecified atom stereocenters. The molecule has 0 aromatic heterocycles. The minimum absolute atomic E-state index is 0. The van der Waals surface area contributed by atoms with Crippen molar-refractivity contribution in [1.82, 2.24) is 0 Å². The van der Waals surface area contributed by atoms with E-state index in [1.54, 1.807) is 12.1 Å². The van der Waals surface area contributed by atoms with Crippen molar-refractivity contribution < 1.29 is 5.11 Å². The molecule has 0 spiro atoms. The van der Waals surface area contributed by atoms with E-state index < -0.39 is 0 Å². The monoisotopic (exact) mass is 339 g/mol. The molecule has 2 rings (SSSR count). The number of rotatable bonds is 2. The molecule has 0 amide bonds. The molecule has 96 valence electrons. The predicted molar refractivity (Wildman–Crippen MR) is 77.0 cm³/mol. The van der Waals surface area contributed by atoms with Crippen LogP contribution >= 0.6 is 39.9 Å². The van der Waals surface area contributed by atoms with Gasteiger partial charge in [0.1, 0.15) is 5.75 Å². The fraction of sp³-hybridized carbons (Fsp3) is 0.500. The van der Waals surface area contributed by atoms with Crippen LogP contribution in [0.2, 0.25) is 5.02 Å². The number of aromatic hydroxyl groups is 1. The lowest BCUT2D eigenvalue weighted by Crippen LogP contribution is -2.19. The highest BCUT2D eigenvalue weighted by molar-refractivity contribution is 9.10. The van der Waals surface area contributed by atoms with Gasteiger partial charge in [-0.2, -0.15) is 0 Å². The number of hydrogen-bond donors (Lipinski definition) is 2.